The summed E-state index contributed by atoms with van der Waals surface area (Å²) < 4.78 is 20.3. The number of fused-ring (bicyclic) bond motifs is 1. The number of aryl methyl sites for hydroxylation is 1. The normalized spacial score (nSPS) is 11.5. The lowest BCUT2D eigenvalue weighted by Crippen LogP contribution is -2.13. The van der Waals surface area contributed by atoms with Crippen molar-refractivity contribution in [2.24, 2.45) is 10.9 Å². The number of aromatic amines is 1. The predicted octanol–water partition coefficient (Wildman–Crippen LogP) is 4.29. The summed E-state index contributed by atoms with van der Waals surface area (Å²) in [5, 5.41) is 18.8. The minimum absolute atomic E-state index is 0.00989. The SMILES string of the molecule is C=C(/N=C(\ON)c1ccc(OC(C)C)c(C#N)c1)c1cc(F)c2[nH]c(CCC(=O)O)cc2c1. The Morgan fingerprint density at radius 1 is 1.30 bits per heavy atom. The fraction of sp³-hybridized carbons (Fsp3) is 0.208. The Kier molecular flexibility index (Phi) is 7.10. The van der Waals surface area contributed by atoms with Crippen LogP contribution in [0.1, 0.15) is 42.7 Å². The third-order valence-electron chi connectivity index (χ3n) is 4.74. The second-order valence-corrected chi connectivity index (χ2v) is 7.58. The van der Waals surface area contributed by atoms with Crippen LogP contribution in [0.2, 0.25) is 0 Å². The van der Waals surface area contributed by atoms with Gasteiger partial charge < -0.3 is 19.7 Å². The largest absolute Gasteiger partial charge is 0.490 e. The number of nitrogens with two attached hydrogens (primary N) is 1. The van der Waals surface area contributed by atoms with E-state index in [2.05, 4.69) is 22.6 Å². The molecular weight excluding hydrogens is 427 g/mol. The number of H-pyrrole nitrogens is 1. The average molecular weight is 450 g/mol. The zero-order chi connectivity index (χ0) is 24.1. The molecule has 1 aromatic heterocycles. The summed E-state index contributed by atoms with van der Waals surface area (Å²) in [7, 11) is 0. The zero-order valence-electron chi connectivity index (χ0n) is 18.2. The first kappa shape index (κ1) is 23.5. The number of hydrogen-bond donors (Lipinski definition) is 3. The summed E-state index contributed by atoms with van der Waals surface area (Å²) >= 11 is 0. The van der Waals surface area contributed by atoms with Gasteiger partial charge in [0, 0.05) is 22.2 Å². The molecule has 3 aromatic rings. The van der Waals surface area contributed by atoms with Gasteiger partial charge in [-0.25, -0.2) is 9.38 Å². The fourth-order valence-corrected chi connectivity index (χ4v) is 3.25. The molecule has 170 valence electrons. The van der Waals surface area contributed by atoms with Gasteiger partial charge in [-0.15, -0.1) is 0 Å². The number of halogens is 1. The quantitative estimate of drug-likeness (QED) is 0.266. The number of benzene rings is 2. The molecule has 0 amide bonds. The van der Waals surface area contributed by atoms with Crippen molar-refractivity contribution in [1.82, 2.24) is 4.98 Å². The molecule has 4 N–H and O–H groups in total. The molecular formula is C24H23FN4O4. The third kappa shape index (κ3) is 5.56. The summed E-state index contributed by atoms with van der Waals surface area (Å²) in [6, 6.07) is 11.5. The number of carboxylic acid groups (broad SMARTS) is 1. The topological polar surface area (TPSA) is 134 Å². The lowest BCUT2D eigenvalue weighted by Gasteiger charge is -2.12. The monoisotopic (exact) mass is 450 g/mol. The highest BCUT2D eigenvalue weighted by Crippen LogP contribution is 2.27. The van der Waals surface area contributed by atoms with Crippen LogP contribution < -0.4 is 10.6 Å². The molecule has 2 aromatic carbocycles. The zero-order valence-corrected chi connectivity index (χ0v) is 18.2. The second-order valence-electron chi connectivity index (χ2n) is 7.58. The minimum Gasteiger partial charge on any atom is -0.490 e. The van der Waals surface area contributed by atoms with Gasteiger partial charge >= 0.3 is 5.97 Å². The number of aliphatic carboxylic acids is 1. The van der Waals surface area contributed by atoms with Crippen LogP contribution in [0.5, 0.6) is 5.75 Å². The lowest BCUT2D eigenvalue weighted by molar-refractivity contribution is -0.136. The number of carboxylic acids is 1. The molecule has 0 aliphatic heterocycles. The van der Waals surface area contributed by atoms with Crippen molar-refractivity contribution in [3.63, 3.8) is 0 Å². The van der Waals surface area contributed by atoms with Crippen LogP contribution in [0.4, 0.5) is 4.39 Å². The van der Waals surface area contributed by atoms with Crippen LogP contribution in [0, 0.1) is 17.1 Å². The van der Waals surface area contributed by atoms with Crippen molar-refractivity contribution < 1.29 is 23.9 Å². The molecule has 0 saturated carbocycles. The third-order valence-corrected chi connectivity index (χ3v) is 4.74. The van der Waals surface area contributed by atoms with E-state index in [1.807, 2.05) is 13.8 Å². The number of aromatic nitrogens is 1. The summed E-state index contributed by atoms with van der Waals surface area (Å²) in [5.41, 5.74) is 2.15. The highest BCUT2D eigenvalue weighted by atomic mass is 19.1. The Morgan fingerprint density at radius 2 is 2.06 bits per heavy atom. The Labute approximate surface area is 189 Å². The average Bonchev–Trinajstić information content (AvgIpc) is 3.19. The molecule has 0 aliphatic carbocycles. The number of rotatable bonds is 8. The van der Waals surface area contributed by atoms with Gasteiger partial charge in [0.2, 0.25) is 5.90 Å². The van der Waals surface area contributed by atoms with Crippen molar-refractivity contribution in [2.75, 3.05) is 0 Å². The van der Waals surface area contributed by atoms with Gasteiger partial charge in [0.15, 0.2) is 0 Å². The van der Waals surface area contributed by atoms with Gasteiger partial charge in [-0.3, -0.25) is 4.79 Å². The van der Waals surface area contributed by atoms with Crippen LogP contribution in [0.3, 0.4) is 0 Å². The van der Waals surface area contributed by atoms with Gasteiger partial charge in [-0.05, 0) is 56.7 Å². The molecule has 33 heavy (non-hydrogen) atoms. The summed E-state index contributed by atoms with van der Waals surface area (Å²) in [4.78, 5) is 22.9. The molecule has 0 aliphatic rings. The smallest absolute Gasteiger partial charge is 0.303 e. The summed E-state index contributed by atoms with van der Waals surface area (Å²) in [6.45, 7) is 7.59. The number of carbonyl (C=O) groups is 1. The van der Waals surface area contributed by atoms with Gasteiger partial charge in [0.1, 0.15) is 17.6 Å². The number of nitrogens with zero attached hydrogens (tertiary/aromatic N) is 2. The number of ether oxygens (including phenoxy) is 1. The van der Waals surface area contributed by atoms with Crippen LogP contribution in [0.25, 0.3) is 16.6 Å². The van der Waals surface area contributed by atoms with Crippen molar-refractivity contribution in [3.8, 4) is 11.8 Å². The summed E-state index contributed by atoms with van der Waals surface area (Å²) in [5.74, 6) is 4.36. The van der Waals surface area contributed by atoms with Crippen molar-refractivity contribution in [2.45, 2.75) is 32.8 Å². The molecule has 0 bridgehead atoms. The first-order valence-electron chi connectivity index (χ1n) is 10.1. The molecule has 0 radical (unpaired) electrons. The number of aliphatic imine (C=N–C) groups is 1. The first-order chi connectivity index (χ1) is 15.7. The second kappa shape index (κ2) is 9.97. The van der Waals surface area contributed by atoms with Crippen molar-refractivity contribution in [1.29, 1.82) is 5.26 Å². The molecule has 8 nitrogen and oxygen atoms in total. The fourth-order valence-electron chi connectivity index (χ4n) is 3.25. The molecule has 0 atom stereocenters. The van der Waals surface area contributed by atoms with E-state index >= 15 is 0 Å². The van der Waals surface area contributed by atoms with E-state index in [-0.39, 0.29) is 41.6 Å². The summed E-state index contributed by atoms with van der Waals surface area (Å²) in [6.07, 6.45) is 0.0756. The van der Waals surface area contributed by atoms with Crippen LogP contribution in [-0.2, 0) is 16.1 Å². The van der Waals surface area contributed by atoms with E-state index in [4.69, 9.17) is 20.6 Å². The highest BCUT2D eigenvalue weighted by molar-refractivity contribution is 5.98. The minimum atomic E-state index is -0.935. The maximum Gasteiger partial charge on any atom is 0.303 e. The first-order valence-corrected chi connectivity index (χ1v) is 10.1. The molecule has 0 fully saturated rings. The number of nitrogens with one attached hydrogen (secondary N) is 1. The Balaban J connectivity index is 1.92. The number of nitriles is 1. The molecule has 0 unspecified atom stereocenters. The Bertz CT molecular complexity index is 1290. The van der Waals surface area contributed by atoms with E-state index in [1.165, 1.54) is 12.1 Å². The van der Waals surface area contributed by atoms with Crippen LogP contribution in [0.15, 0.2) is 48.0 Å². The lowest BCUT2D eigenvalue weighted by atomic mass is 10.1. The van der Waals surface area contributed by atoms with E-state index < -0.39 is 11.8 Å². The molecule has 9 heteroatoms. The molecule has 1 heterocycles. The Hall–Kier alpha value is -4.16. The highest BCUT2D eigenvalue weighted by Gasteiger charge is 2.14. The standard InChI is InChI=1S/C24H23FN4O4/c1-13(2)32-21-6-4-15(8-18(21)12-26)24(33-27)28-14(3)16-9-17-10-19(5-7-22(30)31)29-23(17)20(25)11-16/h4,6,8-11,13,29H,3,5,7,27H2,1-2H3,(H,30,31)/b28-24-. The van der Waals surface area contributed by atoms with E-state index in [9.17, 15) is 14.4 Å². The molecule has 0 spiro atoms. The van der Waals surface area contributed by atoms with E-state index in [1.54, 1.807) is 24.3 Å². The van der Waals surface area contributed by atoms with Crippen LogP contribution >= 0.6 is 0 Å². The Morgan fingerprint density at radius 3 is 2.70 bits per heavy atom. The van der Waals surface area contributed by atoms with Crippen molar-refractivity contribution in [3.05, 3.63) is 71.2 Å². The van der Waals surface area contributed by atoms with E-state index in [0.717, 1.165) is 0 Å². The maximum atomic E-state index is 14.7. The number of hydrogen-bond acceptors (Lipinski definition) is 6. The molecule has 3 rings (SSSR count). The van der Waals surface area contributed by atoms with Gasteiger partial charge in [-0.1, -0.05) is 6.58 Å². The molecule has 0 saturated heterocycles. The van der Waals surface area contributed by atoms with Crippen molar-refractivity contribution >= 4 is 28.5 Å². The maximum absolute atomic E-state index is 14.7. The van der Waals surface area contributed by atoms with Crippen LogP contribution in [-0.4, -0.2) is 28.1 Å². The van der Waals surface area contributed by atoms with E-state index in [0.29, 0.717) is 28.0 Å². The van der Waals surface area contributed by atoms with Gasteiger partial charge in [0.05, 0.1) is 29.3 Å². The van der Waals surface area contributed by atoms with Gasteiger partial charge in [-0.2, -0.15) is 11.2 Å². The predicted molar refractivity (Wildman–Crippen MR) is 122 cm³/mol. The van der Waals surface area contributed by atoms with Gasteiger partial charge in [0.25, 0.3) is 0 Å².